The SMILES string of the molecule is O=c1cc(-c2ccc(C(F)(F)F)cc2)cc(C2CC2)[nH]1. The van der Waals surface area contributed by atoms with Crippen molar-refractivity contribution in [3.63, 3.8) is 0 Å². The molecule has 5 heteroatoms. The fourth-order valence-corrected chi connectivity index (χ4v) is 2.20. The highest BCUT2D eigenvalue weighted by Gasteiger charge is 2.30. The minimum Gasteiger partial charge on any atom is -0.326 e. The predicted molar refractivity (Wildman–Crippen MR) is 69.5 cm³/mol. The van der Waals surface area contributed by atoms with Crippen LogP contribution in [0.4, 0.5) is 13.2 Å². The summed E-state index contributed by atoms with van der Waals surface area (Å²) < 4.78 is 37.5. The maximum Gasteiger partial charge on any atom is 0.416 e. The average Bonchev–Trinajstić information content (AvgIpc) is 3.21. The van der Waals surface area contributed by atoms with Crippen LogP contribution in [0, 0.1) is 0 Å². The Kier molecular flexibility index (Phi) is 2.92. The summed E-state index contributed by atoms with van der Waals surface area (Å²) in [5.41, 5.74) is 1.24. The van der Waals surface area contributed by atoms with Gasteiger partial charge in [-0.05, 0) is 48.1 Å². The highest BCUT2D eigenvalue weighted by molar-refractivity contribution is 5.64. The predicted octanol–water partition coefficient (Wildman–Crippen LogP) is 3.94. The maximum absolute atomic E-state index is 12.5. The standard InChI is InChI=1S/C15H12F3NO/c16-15(17,18)12-5-3-9(4-6-12)11-7-13(10-1-2-10)19-14(20)8-11/h3-8,10H,1-2H2,(H,19,20). The lowest BCUT2D eigenvalue weighted by Crippen LogP contribution is -2.07. The van der Waals surface area contributed by atoms with Gasteiger partial charge in [-0.3, -0.25) is 4.79 Å². The normalized spacial score (nSPS) is 15.3. The van der Waals surface area contributed by atoms with Crippen molar-refractivity contribution in [3.05, 3.63) is 58.0 Å². The van der Waals surface area contributed by atoms with Gasteiger partial charge in [0.1, 0.15) is 0 Å². The third kappa shape index (κ3) is 2.61. The summed E-state index contributed by atoms with van der Waals surface area (Å²) in [5.74, 6) is 0.386. The lowest BCUT2D eigenvalue weighted by Gasteiger charge is -2.08. The molecule has 1 aliphatic carbocycles. The monoisotopic (exact) mass is 279 g/mol. The Morgan fingerprint density at radius 3 is 2.20 bits per heavy atom. The highest BCUT2D eigenvalue weighted by atomic mass is 19.4. The van der Waals surface area contributed by atoms with Crippen molar-refractivity contribution >= 4 is 0 Å². The fraction of sp³-hybridized carbons (Fsp3) is 0.267. The van der Waals surface area contributed by atoms with E-state index in [9.17, 15) is 18.0 Å². The summed E-state index contributed by atoms with van der Waals surface area (Å²) in [7, 11) is 0. The molecule has 1 N–H and O–H groups in total. The lowest BCUT2D eigenvalue weighted by molar-refractivity contribution is -0.137. The largest absolute Gasteiger partial charge is 0.416 e. The molecule has 1 aromatic carbocycles. The number of nitrogens with one attached hydrogen (secondary N) is 1. The quantitative estimate of drug-likeness (QED) is 0.887. The number of hydrogen-bond acceptors (Lipinski definition) is 1. The first-order valence-electron chi connectivity index (χ1n) is 6.35. The molecule has 1 aliphatic rings. The van der Waals surface area contributed by atoms with Crippen molar-refractivity contribution in [1.82, 2.24) is 4.98 Å². The molecule has 1 fully saturated rings. The Labute approximate surface area is 113 Å². The number of alkyl halides is 3. The van der Waals surface area contributed by atoms with Crippen LogP contribution in [0.3, 0.4) is 0 Å². The summed E-state index contributed by atoms with van der Waals surface area (Å²) >= 11 is 0. The molecule has 20 heavy (non-hydrogen) atoms. The van der Waals surface area contributed by atoms with E-state index in [-0.39, 0.29) is 5.56 Å². The summed E-state index contributed by atoms with van der Waals surface area (Å²) in [5, 5.41) is 0. The number of pyridine rings is 1. The van der Waals surface area contributed by atoms with Crippen molar-refractivity contribution < 1.29 is 13.2 Å². The van der Waals surface area contributed by atoms with Gasteiger partial charge in [0, 0.05) is 11.8 Å². The van der Waals surface area contributed by atoms with Gasteiger partial charge in [0.25, 0.3) is 0 Å². The number of halogens is 3. The van der Waals surface area contributed by atoms with E-state index in [1.807, 2.05) is 6.07 Å². The smallest absolute Gasteiger partial charge is 0.326 e. The molecule has 0 unspecified atom stereocenters. The minimum atomic E-state index is -4.34. The van der Waals surface area contributed by atoms with Crippen LogP contribution in [0.2, 0.25) is 0 Å². The van der Waals surface area contributed by atoms with Gasteiger partial charge in [-0.25, -0.2) is 0 Å². The van der Waals surface area contributed by atoms with Gasteiger partial charge >= 0.3 is 6.18 Å². The summed E-state index contributed by atoms with van der Waals surface area (Å²) in [6.45, 7) is 0. The van der Waals surface area contributed by atoms with Gasteiger partial charge in [0.15, 0.2) is 0 Å². The second-order valence-corrected chi connectivity index (χ2v) is 5.04. The molecule has 0 aliphatic heterocycles. The summed E-state index contributed by atoms with van der Waals surface area (Å²) in [4.78, 5) is 14.4. The van der Waals surface area contributed by atoms with Crippen LogP contribution in [0.25, 0.3) is 11.1 Å². The Balaban J connectivity index is 1.98. The molecule has 0 spiro atoms. The van der Waals surface area contributed by atoms with Crippen molar-refractivity contribution in [2.24, 2.45) is 0 Å². The summed E-state index contributed by atoms with van der Waals surface area (Å²) in [6.07, 6.45) is -2.25. The van der Waals surface area contributed by atoms with E-state index in [4.69, 9.17) is 0 Å². The van der Waals surface area contributed by atoms with Crippen LogP contribution in [-0.4, -0.2) is 4.98 Å². The molecule has 0 amide bonds. The van der Waals surface area contributed by atoms with Gasteiger partial charge in [0.05, 0.1) is 5.56 Å². The zero-order chi connectivity index (χ0) is 14.3. The number of rotatable bonds is 2. The minimum absolute atomic E-state index is 0.218. The molecule has 1 aromatic heterocycles. The Morgan fingerprint density at radius 1 is 1.00 bits per heavy atom. The molecule has 2 nitrogen and oxygen atoms in total. The number of hydrogen-bond donors (Lipinski definition) is 1. The third-order valence-electron chi connectivity index (χ3n) is 3.43. The van der Waals surface area contributed by atoms with E-state index in [0.717, 1.165) is 30.7 Å². The van der Waals surface area contributed by atoms with Crippen LogP contribution < -0.4 is 5.56 Å². The van der Waals surface area contributed by atoms with E-state index >= 15 is 0 Å². The molecule has 3 rings (SSSR count). The Morgan fingerprint density at radius 2 is 1.65 bits per heavy atom. The second kappa shape index (κ2) is 4.51. The van der Waals surface area contributed by atoms with Crippen molar-refractivity contribution in [2.75, 3.05) is 0 Å². The van der Waals surface area contributed by atoms with Crippen LogP contribution in [-0.2, 0) is 6.18 Å². The van der Waals surface area contributed by atoms with E-state index < -0.39 is 11.7 Å². The fourth-order valence-electron chi connectivity index (χ4n) is 2.20. The molecule has 0 bridgehead atoms. The molecule has 0 radical (unpaired) electrons. The highest BCUT2D eigenvalue weighted by Crippen LogP contribution is 2.39. The number of H-pyrrole nitrogens is 1. The van der Waals surface area contributed by atoms with Crippen LogP contribution in [0.5, 0.6) is 0 Å². The molecule has 2 aromatic rings. The van der Waals surface area contributed by atoms with E-state index in [2.05, 4.69) is 4.98 Å². The molecule has 0 atom stereocenters. The summed E-state index contributed by atoms with van der Waals surface area (Å²) in [6, 6.07) is 8.12. The first-order valence-corrected chi connectivity index (χ1v) is 6.35. The molecule has 0 saturated heterocycles. The van der Waals surface area contributed by atoms with Gasteiger partial charge in [-0.15, -0.1) is 0 Å². The number of aromatic nitrogens is 1. The first kappa shape index (κ1) is 13.0. The van der Waals surface area contributed by atoms with E-state index in [0.29, 0.717) is 17.0 Å². The second-order valence-electron chi connectivity index (χ2n) is 5.04. The van der Waals surface area contributed by atoms with Gasteiger partial charge in [0.2, 0.25) is 5.56 Å². The molecule has 1 saturated carbocycles. The number of aromatic amines is 1. The molecular formula is C15H12F3NO. The zero-order valence-electron chi connectivity index (χ0n) is 10.5. The first-order chi connectivity index (χ1) is 9.43. The van der Waals surface area contributed by atoms with Crippen molar-refractivity contribution in [2.45, 2.75) is 24.9 Å². The van der Waals surface area contributed by atoms with Crippen LogP contribution in [0.1, 0.15) is 30.0 Å². The Hall–Kier alpha value is -2.04. The third-order valence-corrected chi connectivity index (χ3v) is 3.43. The van der Waals surface area contributed by atoms with Gasteiger partial charge in [-0.2, -0.15) is 13.2 Å². The zero-order valence-corrected chi connectivity index (χ0v) is 10.5. The van der Waals surface area contributed by atoms with E-state index in [1.165, 1.54) is 18.2 Å². The topological polar surface area (TPSA) is 32.9 Å². The van der Waals surface area contributed by atoms with Crippen molar-refractivity contribution in [1.29, 1.82) is 0 Å². The van der Waals surface area contributed by atoms with E-state index in [1.54, 1.807) is 0 Å². The molecule has 1 heterocycles. The number of benzene rings is 1. The van der Waals surface area contributed by atoms with Gasteiger partial charge < -0.3 is 4.98 Å². The van der Waals surface area contributed by atoms with Crippen LogP contribution >= 0.6 is 0 Å². The molecular weight excluding hydrogens is 267 g/mol. The van der Waals surface area contributed by atoms with Gasteiger partial charge in [-0.1, -0.05) is 12.1 Å². The van der Waals surface area contributed by atoms with Crippen molar-refractivity contribution in [3.8, 4) is 11.1 Å². The maximum atomic E-state index is 12.5. The average molecular weight is 279 g/mol. The van der Waals surface area contributed by atoms with Crippen LogP contribution in [0.15, 0.2) is 41.2 Å². The Bertz CT molecular complexity index is 682. The molecule has 104 valence electrons. The lowest BCUT2D eigenvalue weighted by atomic mass is 10.0.